The highest BCUT2D eigenvalue weighted by molar-refractivity contribution is 6.30. The maximum atomic E-state index is 13.5. The predicted octanol–water partition coefficient (Wildman–Crippen LogP) is 3.78. The van der Waals surface area contributed by atoms with E-state index in [1.54, 1.807) is 0 Å². The van der Waals surface area contributed by atoms with Crippen molar-refractivity contribution in [2.24, 2.45) is 5.92 Å². The number of hydrogen-bond donors (Lipinski definition) is 1. The van der Waals surface area contributed by atoms with Crippen LogP contribution in [0.5, 0.6) is 0 Å². The van der Waals surface area contributed by atoms with Crippen LogP contribution in [-0.2, 0) is 0 Å². The fraction of sp³-hybridized carbons (Fsp3) is 0.462. The molecule has 0 heterocycles. The van der Waals surface area contributed by atoms with E-state index in [-0.39, 0.29) is 10.6 Å². The molecule has 0 aliphatic rings. The van der Waals surface area contributed by atoms with E-state index >= 15 is 0 Å². The van der Waals surface area contributed by atoms with E-state index < -0.39 is 17.5 Å². The van der Waals surface area contributed by atoms with Gasteiger partial charge in [0, 0.05) is 6.54 Å². The lowest BCUT2D eigenvalue weighted by Crippen LogP contribution is -2.29. The summed E-state index contributed by atoms with van der Waals surface area (Å²) in [5.41, 5.74) is -0.317. The van der Waals surface area contributed by atoms with Crippen molar-refractivity contribution in [3.63, 3.8) is 0 Å². The van der Waals surface area contributed by atoms with Gasteiger partial charge in [0.05, 0.1) is 10.6 Å². The van der Waals surface area contributed by atoms with E-state index in [4.69, 9.17) is 11.6 Å². The van der Waals surface area contributed by atoms with Crippen LogP contribution in [0.25, 0.3) is 0 Å². The van der Waals surface area contributed by atoms with E-state index in [9.17, 15) is 13.6 Å². The highest BCUT2D eigenvalue weighted by Crippen LogP contribution is 2.19. The van der Waals surface area contributed by atoms with Crippen LogP contribution in [-0.4, -0.2) is 12.5 Å². The van der Waals surface area contributed by atoms with Gasteiger partial charge in [0.15, 0.2) is 0 Å². The van der Waals surface area contributed by atoms with Gasteiger partial charge < -0.3 is 5.32 Å². The molecule has 1 amide bonds. The number of rotatable bonds is 5. The summed E-state index contributed by atoms with van der Waals surface area (Å²) in [6.45, 7) is 4.49. The zero-order chi connectivity index (χ0) is 13.7. The van der Waals surface area contributed by atoms with Gasteiger partial charge in [-0.25, -0.2) is 8.78 Å². The summed E-state index contributed by atoms with van der Waals surface area (Å²) in [6.07, 6.45) is 1.85. The second-order valence-electron chi connectivity index (χ2n) is 4.14. The van der Waals surface area contributed by atoms with E-state index in [1.165, 1.54) is 0 Å². The van der Waals surface area contributed by atoms with Crippen molar-refractivity contribution in [3.8, 4) is 0 Å². The minimum absolute atomic E-state index is 0.317. The van der Waals surface area contributed by atoms with Crippen LogP contribution < -0.4 is 5.32 Å². The van der Waals surface area contributed by atoms with Crippen molar-refractivity contribution < 1.29 is 13.6 Å². The maximum Gasteiger partial charge on any atom is 0.254 e. The second kappa shape index (κ2) is 6.69. The molecule has 0 aliphatic heterocycles. The Morgan fingerprint density at radius 2 is 1.89 bits per heavy atom. The standard InChI is InChI=1S/C13H16ClF2NO/c1-3-8(4-2)7-17-13(18)9-5-12(16)10(14)6-11(9)15/h5-6,8H,3-4,7H2,1-2H3,(H,17,18). The Balaban J connectivity index is 2.76. The molecule has 2 nitrogen and oxygen atoms in total. The molecular formula is C13H16ClF2NO. The summed E-state index contributed by atoms with van der Waals surface area (Å²) >= 11 is 5.42. The summed E-state index contributed by atoms with van der Waals surface area (Å²) in [5, 5.41) is 2.27. The van der Waals surface area contributed by atoms with Crippen LogP contribution in [0, 0.1) is 17.6 Å². The second-order valence-corrected chi connectivity index (χ2v) is 4.55. The average Bonchev–Trinajstić information content (AvgIpc) is 2.34. The molecule has 1 rings (SSSR count). The first-order valence-corrected chi connectivity index (χ1v) is 6.30. The third kappa shape index (κ3) is 3.67. The summed E-state index contributed by atoms with van der Waals surface area (Å²) in [6, 6.07) is 1.63. The van der Waals surface area contributed by atoms with Gasteiger partial charge in [-0.05, 0) is 18.1 Å². The number of carbonyl (C=O) groups excluding carboxylic acids is 1. The number of carbonyl (C=O) groups is 1. The van der Waals surface area contributed by atoms with Crippen LogP contribution in [0.1, 0.15) is 37.0 Å². The van der Waals surface area contributed by atoms with Gasteiger partial charge >= 0.3 is 0 Å². The lowest BCUT2D eigenvalue weighted by atomic mass is 10.0. The molecule has 0 aliphatic carbocycles. The minimum atomic E-state index is -0.816. The van der Waals surface area contributed by atoms with Gasteiger partial charge in [0.2, 0.25) is 0 Å². The first-order chi connectivity index (χ1) is 8.49. The molecule has 0 radical (unpaired) electrons. The summed E-state index contributed by atoms with van der Waals surface area (Å²) in [7, 11) is 0. The van der Waals surface area contributed by atoms with Crippen LogP contribution >= 0.6 is 11.6 Å². The summed E-state index contributed by atoms with van der Waals surface area (Å²) in [4.78, 5) is 11.7. The number of hydrogen-bond acceptors (Lipinski definition) is 1. The highest BCUT2D eigenvalue weighted by Gasteiger charge is 2.16. The van der Waals surface area contributed by atoms with E-state index in [0.29, 0.717) is 12.5 Å². The molecule has 1 N–H and O–H groups in total. The zero-order valence-electron chi connectivity index (χ0n) is 10.4. The SMILES string of the molecule is CCC(CC)CNC(=O)c1cc(F)c(Cl)cc1F. The third-order valence-electron chi connectivity index (χ3n) is 2.96. The van der Waals surface area contributed by atoms with Crippen LogP contribution in [0.4, 0.5) is 8.78 Å². The lowest BCUT2D eigenvalue weighted by molar-refractivity contribution is 0.0942. The minimum Gasteiger partial charge on any atom is -0.352 e. The molecule has 0 saturated heterocycles. The van der Waals surface area contributed by atoms with Crippen LogP contribution in [0.2, 0.25) is 5.02 Å². The number of amides is 1. The molecule has 0 unspecified atom stereocenters. The molecule has 1 aromatic rings. The van der Waals surface area contributed by atoms with Crippen molar-refractivity contribution in [3.05, 3.63) is 34.4 Å². The van der Waals surface area contributed by atoms with Gasteiger partial charge in [-0.15, -0.1) is 0 Å². The van der Waals surface area contributed by atoms with Crippen molar-refractivity contribution in [2.45, 2.75) is 26.7 Å². The molecular weight excluding hydrogens is 260 g/mol. The molecule has 0 aromatic heterocycles. The summed E-state index contributed by atoms with van der Waals surface area (Å²) < 4.78 is 26.6. The van der Waals surface area contributed by atoms with Gasteiger partial charge in [-0.3, -0.25) is 4.79 Å². The zero-order valence-corrected chi connectivity index (χ0v) is 11.2. The van der Waals surface area contributed by atoms with Crippen molar-refractivity contribution >= 4 is 17.5 Å². The van der Waals surface area contributed by atoms with Crippen LogP contribution in [0.15, 0.2) is 12.1 Å². The normalized spacial score (nSPS) is 10.8. The van der Waals surface area contributed by atoms with Crippen molar-refractivity contribution in [1.29, 1.82) is 0 Å². The fourth-order valence-electron chi connectivity index (χ4n) is 1.61. The Bertz CT molecular complexity index is 433. The lowest BCUT2D eigenvalue weighted by Gasteiger charge is -2.13. The topological polar surface area (TPSA) is 29.1 Å². The molecule has 0 bridgehead atoms. The Morgan fingerprint density at radius 1 is 1.28 bits per heavy atom. The first-order valence-electron chi connectivity index (χ1n) is 5.92. The number of halogens is 3. The quantitative estimate of drug-likeness (QED) is 0.814. The first kappa shape index (κ1) is 14.9. The predicted molar refractivity (Wildman–Crippen MR) is 67.8 cm³/mol. The monoisotopic (exact) mass is 275 g/mol. The van der Waals surface area contributed by atoms with E-state index in [1.807, 2.05) is 13.8 Å². The molecule has 5 heteroatoms. The van der Waals surface area contributed by atoms with E-state index in [0.717, 1.165) is 25.0 Å². The highest BCUT2D eigenvalue weighted by atomic mass is 35.5. The smallest absolute Gasteiger partial charge is 0.254 e. The molecule has 100 valence electrons. The largest absolute Gasteiger partial charge is 0.352 e. The molecule has 0 saturated carbocycles. The van der Waals surface area contributed by atoms with Gasteiger partial charge in [-0.1, -0.05) is 38.3 Å². The summed E-state index contributed by atoms with van der Waals surface area (Å²) in [5.74, 6) is -1.89. The third-order valence-corrected chi connectivity index (χ3v) is 3.25. The Hall–Kier alpha value is -1.16. The molecule has 0 spiro atoms. The Morgan fingerprint density at radius 3 is 2.44 bits per heavy atom. The maximum absolute atomic E-state index is 13.5. The van der Waals surface area contributed by atoms with Crippen molar-refractivity contribution in [2.75, 3.05) is 6.54 Å². The fourth-order valence-corrected chi connectivity index (χ4v) is 1.76. The average molecular weight is 276 g/mol. The van der Waals surface area contributed by atoms with Gasteiger partial charge in [0.1, 0.15) is 11.6 Å². The van der Waals surface area contributed by atoms with E-state index in [2.05, 4.69) is 5.32 Å². The molecule has 1 aromatic carbocycles. The van der Waals surface area contributed by atoms with Crippen molar-refractivity contribution in [1.82, 2.24) is 5.32 Å². The molecule has 0 atom stereocenters. The Labute approximate surface area is 110 Å². The number of nitrogens with one attached hydrogen (secondary N) is 1. The molecule has 18 heavy (non-hydrogen) atoms. The van der Waals surface area contributed by atoms with Gasteiger partial charge in [-0.2, -0.15) is 0 Å². The van der Waals surface area contributed by atoms with Crippen LogP contribution in [0.3, 0.4) is 0 Å². The van der Waals surface area contributed by atoms with Gasteiger partial charge in [0.25, 0.3) is 5.91 Å². The molecule has 0 fully saturated rings. The number of benzene rings is 1. The Kier molecular flexibility index (Phi) is 5.54.